The van der Waals surface area contributed by atoms with Crippen molar-refractivity contribution in [3.63, 3.8) is 0 Å². The third-order valence-corrected chi connectivity index (χ3v) is 3.68. The van der Waals surface area contributed by atoms with Gasteiger partial charge in [0.2, 0.25) is 0 Å². The summed E-state index contributed by atoms with van der Waals surface area (Å²) >= 11 is 0. The first kappa shape index (κ1) is 13.5. The lowest BCUT2D eigenvalue weighted by molar-refractivity contribution is 0.0572. The second-order valence-corrected chi connectivity index (χ2v) is 5.27. The van der Waals surface area contributed by atoms with Crippen molar-refractivity contribution in [2.24, 2.45) is 11.7 Å². The van der Waals surface area contributed by atoms with Crippen LogP contribution >= 0.6 is 0 Å². The Morgan fingerprint density at radius 1 is 1.22 bits per heavy atom. The summed E-state index contributed by atoms with van der Waals surface area (Å²) in [5.74, 6) is 0.282. The molecule has 4 unspecified atom stereocenters. The molecule has 1 aliphatic rings. The third-order valence-electron chi connectivity index (χ3n) is 3.68. The van der Waals surface area contributed by atoms with Gasteiger partial charge in [-0.2, -0.15) is 0 Å². The maximum absolute atomic E-state index is 9.51. The minimum atomic E-state index is -0.620. The molecule has 0 saturated carbocycles. The topological polar surface area (TPSA) is 69.7 Å². The van der Waals surface area contributed by atoms with Gasteiger partial charge < -0.3 is 15.9 Å². The molecule has 0 amide bonds. The molecule has 1 aromatic carbocycles. The molecule has 4 N–H and O–H groups in total. The molecule has 4 nitrogen and oxygen atoms in total. The van der Waals surface area contributed by atoms with Crippen LogP contribution < -0.4 is 5.73 Å². The van der Waals surface area contributed by atoms with E-state index in [0.29, 0.717) is 13.1 Å². The largest absolute Gasteiger partial charge is 0.389 e. The fraction of sp³-hybridized carbons (Fsp3) is 0.571. The van der Waals surface area contributed by atoms with Crippen molar-refractivity contribution in [2.75, 3.05) is 19.6 Å². The molecule has 0 aliphatic carbocycles. The molecule has 0 radical (unpaired) electrons. The van der Waals surface area contributed by atoms with Crippen molar-refractivity contribution in [1.29, 1.82) is 0 Å². The van der Waals surface area contributed by atoms with Gasteiger partial charge in [0.25, 0.3) is 0 Å². The van der Waals surface area contributed by atoms with Gasteiger partial charge in [0.05, 0.1) is 12.2 Å². The van der Waals surface area contributed by atoms with Crippen molar-refractivity contribution < 1.29 is 10.2 Å². The van der Waals surface area contributed by atoms with E-state index in [1.807, 2.05) is 30.3 Å². The zero-order valence-corrected chi connectivity index (χ0v) is 10.7. The SMILES string of the molecule is CC(CN1CC(O)C(O)C1)C(N)c1ccccc1. The lowest BCUT2D eigenvalue weighted by atomic mass is 9.95. The van der Waals surface area contributed by atoms with Crippen molar-refractivity contribution in [2.45, 2.75) is 25.2 Å². The maximum atomic E-state index is 9.51. The van der Waals surface area contributed by atoms with E-state index >= 15 is 0 Å². The number of β-amino-alcohol motifs (C(OH)–C–C–N with tert-alkyl or cyclic N) is 2. The van der Waals surface area contributed by atoms with Gasteiger partial charge in [-0.05, 0) is 11.5 Å². The van der Waals surface area contributed by atoms with Gasteiger partial charge in [0, 0.05) is 25.7 Å². The van der Waals surface area contributed by atoms with Crippen LogP contribution in [-0.4, -0.2) is 47.0 Å². The van der Waals surface area contributed by atoms with E-state index in [1.54, 1.807) is 0 Å². The number of hydrogen-bond acceptors (Lipinski definition) is 4. The Hall–Kier alpha value is -0.940. The second kappa shape index (κ2) is 5.80. The monoisotopic (exact) mass is 250 g/mol. The first-order chi connectivity index (χ1) is 8.58. The Bertz CT molecular complexity index is 361. The predicted octanol–water partition coefficient (Wildman–Crippen LogP) is 0.360. The highest BCUT2D eigenvalue weighted by Crippen LogP contribution is 2.21. The highest BCUT2D eigenvalue weighted by molar-refractivity contribution is 5.19. The van der Waals surface area contributed by atoms with Gasteiger partial charge >= 0.3 is 0 Å². The predicted molar refractivity (Wildman–Crippen MR) is 71.0 cm³/mol. The first-order valence-electron chi connectivity index (χ1n) is 6.47. The summed E-state index contributed by atoms with van der Waals surface area (Å²) in [6.45, 7) is 3.97. The molecule has 0 bridgehead atoms. The van der Waals surface area contributed by atoms with E-state index in [4.69, 9.17) is 5.73 Å². The summed E-state index contributed by atoms with van der Waals surface area (Å²) in [4.78, 5) is 2.07. The number of aliphatic hydroxyl groups excluding tert-OH is 2. The number of hydrogen-bond donors (Lipinski definition) is 3. The second-order valence-electron chi connectivity index (χ2n) is 5.27. The minimum absolute atomic E-state index is 0.0129. The van der Waals surface area contributed by atoms with E-state index in [0.717, 1.165) is 12.1 Å². The van der Waals surface area contributed by atoms with E-state index in [1.165, 1.54) is 0 Å². The molecule has 18 heavy (non-hydrogen) atoms. The Morgan fingerprint density at radius 2 is 1.78 bits per heavy atom. The van der Waals surface area contributed by atoms with E-state index in [-0.39, 0.29) is 12.0 Å². The molecule has 1 fully saturated rings. The van der Waals surface area contributed by atoms with Crippen LogP contribution in [0.25, 0.3) is 0 Å². The van der Waals surface area contributed by atoms with Crippen LogP contribution in [0.4, 0.5) is 0 Å². The molecule has 0 aromatic heterocycles. The molecule has 0 spiro atoms. The van der Waals surface area contributed by atoms with Crippen molar-refractivity contribution in [3.05, 3.63) is 35.9 Å². The summed E-state index contributed by atoms with van der Waals surface area (Å²) in [6, 6.07) is 10.0. The van der Waals surface area contributed by atoms with Gasteiger partial charge in [-0.1, -0.05) is 37.3 Å². The van der Waals surface area contributed by atoms with Crippen LogP contribution in [0.15, 0.2) is 30.3 Å². The normalized spacial score (nSPS) is 28.2. The lowest BCUT2D eigenvalue weighted by Gasteiger charge is -2.25. The van der Waals surface area contributed by atoms with Gasteiger partial charge in [-0.25, -0.2) is 0 Å². The van der Waals surface area contributed by atoms with Crippen LogP contribution in [0.1, 0.15) is 18.5 Å². The average Bonchev–Trinajstić information content (AvgIpc) is 2.68. The lowest BCUT2D eigenvalue weighted by Crippen LogP contribution is -2.33. The molecule has 2 rings (SSSR count). The fourth-order valence-electron chi connectivity index (χ4n) is 2.52. The minimum Gasteiger partial charge on any atom is -0.389 e. The van der Waals surface area contributed by atoms with E-state index in [9.17, 15) is 10.2 Å². The standard InChI is InChI=1S/C14H22N2O2/c1-10(7-16-8-12(17)13(18)9-16)14(15)11-5-3-2-4-6-11/h2-6,10,12-14,17-18H,7-9,15H2,1H3. The van der Waals surface area contributed by atoms with Crippen LogP contribution in [-0.2, 0) is 0 Å². The molecule has 4 atom stereocenters. The fourth-order valence-corrected chi connectivity index (χ4v) is 2.52. The van der Waals surface area contributed by atoms with Gasteiger partial charge in [0.15, 0.2) is 0 Å². The number of rotatable bonds is 4. The number of nitrogens with two attached hydrogens (primary N) is 1. The molecular weight excluding hydrogens is 228 g/mol. The third kappa shape index (κ3) is 3.09. The number of likely N-dealkylation sites (tertiary alicyclic amines) is 1. The summed E-state index contributed by atoms with van der Waals surface area (Å²) in [6.07, 6.45) is -1.24. The molecule has 4 heteroatoms. The molecule has 1 heterocycles. The first-order valence-corrected chi connectivity index (χ1v) is 6.47. The van der Waals surface area contributed by atoms with E-state index < -0.39 is 12.2 Å². The van der Waals surface area contributed by atoms with Crippen LogP contribution in [0, 0.1) is 5.92 Å². The Kier molecular flexibility index (Phi) is 4.35. The van der Waals surface area contributed by atoms with Crippen LogP contribution in [0.3, 0.4) is 0 Å². The smallest absolute Gasteiger partial charge is 0.0938 e. The molecule has 1 saturated heterocycles. The molecule has 1 aliphatic heterocycles. The van der Waals surface area contributed by atoms with Gasteiger partial charge in [0.1, 0.15) is 0 Å². The summed E-state index contributed by atoms with van der Waals surface area (Å²) < 4.78 is 0. The number of nitrogens with zero attached hydrogens (tertiary/aromatic N) is 1. The van der Waals surface area contributed by atoms with Crippen LogP contribution in [0.2, 0.25) is 0 Å². The maximum Gasteiger partial charge on any atom is 0.0938 e. The summed E-state index contributed by atoms with van der Waals surface area (Å²) in [7, 11) is 0. The zero-order chi connectivity index (χ0) is 13.1. The highest BCUT2D eigenvalue weighted by Gasteiger charge is 2.31. The van der Waals surface area contributed by atoms with Crippen molar-refractivity contribution in [3.8, 4) is 0 Å². The van der Waals surface area contributed by atoms with Crippen LogP contribution in [0.5, 0.6) is 0 Å². The summed E-state index contributed by atoms with van der Waals surface area (Å²) in [5, 5.41) is 19.0. The quantitative estimate of drug-likeness (QED) is 0.721. The summed E-state index contributed by atoms with van der Waals surface area (Å²) in [5.41, 5.74) is 7.36. The molecule has 1 aromatic rings. The number of aliphatic hydroxyl groups is 2. The van der Waals surface area contributed by atoms with E-state index in [2.05, 4.69) is 11.8 Å². The number of benzene rings is 1. The Balaban J connectivity index is 1.90. The van der Waals surface area contributed by atoms with Gasteiger partial charge in [-0.15, -0.1) is 0 Å². The average molecular weight is 250 g/mol. The van der Waals surface area contributed by atoms with Gasteiger partial charge in [-0.3, -0.25) is 4.90 Å². The highest BCUT2D eigenvalue weighted by atomic mass is 16.3. The Labute approximate surface area is 108 Å². The zero-order valence-electron chi connectivity index (χ0n) is 10.7. The van der Waals surface area contributed by atoms with Crippen molar-refractivity contribution >= 4 is 0 Å². The molecular formula is C14H22N2O2. The molecule has 100 valence electrons. The van der Waals surface area contributed by atoms with Crippen molar-refractivity contribution in [1.82, 2.24) is 4.90 Å². The Morgan fingerprint density at radius 3 is 2.33 bits per heavy atom.